The van der Waals surface area contributed by atoms with Gasteiger partial charge in [0.15, 0.2) is 9.84 Å². The summed E-state index contributed by atoms with van der Waals surface area (Å²) in [6, 6.07) is 35.2. The van der Waals surface area contributed by atoms with Gasteiger partial charge in [0, 0.05) is 12.1 Å². The molecule has 1 atom stereocenters. The summed E-state index contributed by atoms with van der Waals surface area (Å²) < 4.78 is 32.4. The van der Waals surface area contributed by atoms with E-state index in [-0.39, 0.29) is 40.9 Å². The highest BCUT2D eigenvalue weighted by Crippen LogP contribution is 2.30. The van der Waals surface area contributed by atoms with E-state index in [0.717, 1.165) is 16.3 Å². The van der Waals surface area contributed by atoms with Gasteiger partial charge in [-0.3, -0.25) is 4.79 Å². The second-order valence-corrected chi connectivity index (χ2v) is 12.0. The van der Waals surface area contributed by atoms with E-state index >= 15 is 0 Å². The molecule has 0 aliphatic carbocycles. The second kappa shape index (κ2) is 12.7. The minimum atomic E-state index is -3.65. The predicted octanol–water partition coefficient (Wildman–Crippen LogP) is 7.31. The van der Waals surface area contributed by atoms with Crippen molar-refractivity contribution in [2.75, 3.05) is 11.1 Å². The molecule has 42 heavy (non-hydrogen) atoms. The van der Waals surface area contributed by atoms with E-state index in [0.29, 0.717) is 17.2 Å². The number of sulfone groups is 1. The van der Waals surface area contributed by atoms with E-state index in [1.165, 1.54) is 36.4 Å². The zero-order valence-electron chi connectivity index (χ0n) is 22.6. The molecule has 0 aromatic heterocycles. The zero-order chi connectivity index (χ0) is 29.5. The van der Waals surface area contributed by atoms with Crippen molar-refractivity contribution >= 4 is 38.2 Å². The van der Waals surface area contributed by atoms with E-state index in [2.05, 4.69) is 5.32 Å². The number of ether oxygens (including phenoxy) is 1. The molecule has 212 valence electrons. The number of hydrogen-bond acceptors (Lipinski definition) is 5. The molecule has 1 amide bonds. The molecule has 0 spiro atoms. The van der Waals surface area contributed by atoms with Crippen LogP contribution in [0, 0.1) is 0 Å². The largest absolute Gasteiger partial charge is 0.478 e. The third-order valence-electron chi connectivity index (χ3n) is 6.99. The first-order valence-electron chi connectivity index (χ1n) is 13.4. The number of fused-ring (bicyclic) bond motifs is 1. The van der Waals surface area contributed by atoms with Gasteiger partial charge >= 0.3 is 5.97 Å². The van der Waals surface area contributed by atoms with Crippen molar-refractivity contribution in [2.24, 2.45) is 0 Å². The van der Waals surface area contributed by atoms with Crippen LogP contribution in [0.3, 0.4) is 0 Å². The Bertz CT molecular complexity index is 1800. The molecule has 5 aromatic carbocycles. The Morgan fingerprint density at radius 2 is 1.38 bits per heavy atom. The van der Waals surface area contributed by atoms with E-state index in [9.17, 15) is 18.0 Å². The Kier molecular flexibility index (Phi) is 8.64. The van der Waals surface area contributed by atoms with Crippen molar-refractivity contribution < 1.29 is 27.9 Å². The summed E-state index contributed by atoms with van der Waals surface area (Å²) in [6.45, 7) is 0. The van der Waals surface area contributed by atoms with Crippen LogP contribution in [0.4, 0.5) is 5.69 Å². The number of carbonyl (C=O) groups excluding carboxylic acids is 1. The lowest BCUT2D eigenvalue weighted by molar-refractivity contribution is -0.116. The number of carboxylic acid groups (broad SMARTS) is 1. The fraction of sp³-hybridized carbons (Fsp3) is 0.118. The van der Waals surface area contributed by atoms with Gasteiger partial charge in [0.25, 0.3) is 0 Å². The van der Waals surface area contributed by atoms with Gasteiger partial charge in [0.2, 0.25) is 5.91 Å². The highest BCUT2D eigenvalue weighted by Gasteiger charge is 2.22. The first kappa shape index (κ1) is 28.6. The topological polar surface area (TPSA) is 110 Å². The summed E-state index contributed by atoms with van der Waals surface area (Å²) in [7, 11) is -3.65. The lowest BCUT2D eigenvalue weighted by Crippen LogP contribution is -2.18. The molecule has 1 unspecified atom stereocenters. The van der Waals surface area contributed by atoms with Gasteiger partial charge in [0.05, 0.1) is 16.2 Å². The molecule has 5 aromatic rings. The van der Waals surface area contributed by atoms with Gasteiger partial charge in [-0.15, -0.1) is 0 Å². The molecule has 8 heteroatoms. The molecule has 7 nitrogen and oxygen atoms in total. The van der Waals surface area contributed by atoms with Crippen LogP contribution in [-0.2, 0) is 14.6 Å². The quantitative estimate of drug-likeness (QED) is 0.170. The van der Waals surface area contributed by atoms with Gasteiger partial charge in [0.1, 0.15) is 11.5 Å². The van der Waals surface area contributed by atoms with Gasteiger partial charge < -0.3 is 15.2 Å². The number of anilines is 1. The monoisotopic (exact) mass is 579 g/mol. The molecule has 0 saturated heterocycles. The van der Waals surface area contributed by atoms with Gasteiger partial charge in [-0.05, 0) is 89.3 Å². The van der Waals surface area contributed by atoms with Gasteiger partial charge in [-0.2, -0.15) is 0 Å². The van der Waals surface area contributed by atoms with Crippen molar-refractivity contribution in [3.8, 4) is 11.5 Å². The molecule has 0 saturated carbocycles. The van der Waals surface area contributed by atoms with E-state index in [1.54, 1.807) is 12.1 Å². The van der Waals surface area contributed by atoms with Gasteiger partial charge in [-0.25, -0.2) is 13.2 Å². The van der Waals surface area contributed by atoms with Crippen LogP contribution in [-0.4, -0.2) is 31.2 Å². The summed E-state index contributed by atoms with van der Waals surface area (Å²) in [4.78, 5) is 24.4. The fourth-order valence-corrected chi connectivity index (χ4v) is 6.12. The van der Waals surface area contributed by atoms with Crippen LogP contribution in [0.15, 0.2) is 126 Å². The molecule has 0 aliphatic rings. The van der Waals surface area contributed by atoms with E-state index in [4.69, 9.17) is 9.84 Å². The maximum Gasteiger partial charge on any atom is 0.335 e. The minimum Gasteiger partial charge on any atom is -0.478 e. The summed E-state index contributed by atoms with van der Waals surface area (Å²) >= 11 is 0. The van der Waals surface area contributed by atoms with E-state index < -0.39 is 15.8 Å². The van der Waals surface area contributed by atoms with Crippen LogP contribution in [0.2, 0.25) is 0 Å². The third-order valence-corrected chi connectivity index (χ3v) is 8.75. The Hall–Kier alpha value is -4.95. The average Bonchev–Trinajstić information content (AvgIpc) is 3.00. The van der Waals surface area contributed by atoms with Crippen LogP contribution < -0.4 is 10.1 Å². The third kappa shape index (κ3) is 7.21. The normalized spacial score (nSPS) is 12.0. The molecule has 0 radical (unpaired) electrons. The summed E-state index contributed by atoms with van der Waals surface area (Å²) in [5, 5.41) is 14.0. The van der Waals surface area contributed by atoms with Crippen molar-refractivity contribution in [1.29, 1.82) is 0 Å². The molecule has 0 bridgehead atoms. The van der Waals surface area contributed by atoms with Crippen LogP contribution >= 0.6 is 0 Å². The van der Waals surface area contributed by atoms with Crippen molar-refractivity contribution in [3.63, 3.8) is 0 Å². The lowest BCUT2D eigenvalue weighted by Gasteiger charge is -2.18. The number of aromatic carboxylic acids is 1. The highest BCUT2D eigenvalue weighted by atomic mass is 32.2. The van der Waals surface area contributed by atoms with Crippen LogP contribution in [0.1, 0.15) is 34.7 Å². The Morgan fingerprint density at radius 1 is 0.738 bits per heavy atom. The number of para-hydroxylation sites is 1. The second-order valence-electron chi connectivity index (χ2n) is 9.93. The Labute approximate surface area is 244 Å². The summed E-state index contributed by atoms with van der Waals surface area (Å²) in [5.74, 6) is -0.683. The lowest BCUT2D eigenvalue weighted by atomic mass is 9.91. The molecule has 0 fully saturated rings. The molecular formula is C34H29NO6S. The molecule has 2 N–H and O–H groups in total. The summed E-state index contributed by atoms with van der Waals surface area (Å²) in [5.41, 5.74) is 1.45. The predicted molar refractivity (Wildman–Crippen MR) is 163 cm³/mol. The molecular weight excluding hydrogens is 550 g/mol. The number of amides is 1. The Balaban J connectivity index is 1.32. The zero-order valence-corrected chi connectivity index (χ0v) is 23.5. The minimum absolute atomic E-state index is 0.0540. The first-order chi connectivity index (χ1) is 20.3. The first-order valence-corrected chi connectivity index (χ1v) is 15.1. The molecule has 0 heterocycles. The number of rotatable bonds is 11. The Morgan fingerprint density at radius 3 is 2.07 bits per heavy atom. The standard InChI is InChI=1S/C34H29NO6S/c36-33(35-29-14-12-25(13-15-29)34(37)38)23-28(27-11-10-24-6-4-5-7-26(24)22-27)20-21-42(39,40)32-18-16-31(17-19-32)41-30-8-2-1-3-9-30/h1-19,22,28H,20-21,23H2,(H,35,36)(H,37,38). The van der Waals surface area contributed by atoms with Crippen LogP contribution in [0.5, 0.6) is 11.5 Å². The maximum absolute atomic E-state index is 13.3. The smallest absolute Gasteiger partial charge is 0.335 e. The van der Waals surface area contributed by atoms with Crippen molar-refractivity contribution in [1.82, 2.24) is 0 Å². The highest BCUT2D eigenvalue weighted by molar-refractivity contribution is 7.91. The van der Waals surface area contributed by atoms with Crippen LogP contribution in [0.25, 0.3) is 10.8 Å². The molecule has 5 rings (SSSR count). The fourth-order valence-electron chi connectivity index (χ4n) is 4.74. The summed E-state index contributed by atoms with van der Waals surface area (Å²) in [6.07, 6.45) is 0.284. The average molecular weight is 580 g/mol. The number of nitrogens with one attached hydrogen (secondary N) is 1. The number of benzene rings is 5. The van der Waals surface area contributed by atoms with Crippen molar-refractivity contribution in [3.05, 3.63) is 132 Å². The maximum atomic E-state index is 13.3. The van der Waals surface area contributed by atoms with Crippen molar-refractivity contribution in [2.45, 2.75) is 23.7 Å². The van der Waals surface area contributed by atoms with Gasteiger partial charge in [-0.1, -0.05) is 60.7 Å². The van der Waals surface area contributed by atoms with E-state index in [1.807, 2.05) is 72.8 Å². The SMILES string of the molecule is O=C(CC(CCS(=O)(=O)c1ccc(Oc2ccccc2)cc1)c1ccc2ccccc2c1)Nc1ccc(C(=O)O)cc1. The number of carboxylic acids is 1. The number of hydrogen-bond donors (Lipinski definition) is 2. The molecule has 0 aliphatic heterocycles. The number of carbonyl (C=O) groups is 2.